The first kappa shape index (κ1) is 29.8. The van der Waals surface area contributed by atoms with Gasteiger partial charge in [0, 0.05) is 22.7 Å². The monoisotopic (exact) mass is 565 g/mol. The Balaban J connectivity index is 1.72. The summed E-state index contributed by atoms with van der Waals surface area (Å²) in [5, 5.41) is 12.1. The van der Waals surface area contributed by atoms with E-state index in [1.54, 1.807) is 18.2 Å². The van der Waals surface area contributed by atoms with Gasteiger partial charge in [0.15, 0.2) is 0 Å². The van der Waals surface area contributed by atoms with E-state index in [1.807, 2.05) is 35.2 Å². The van der Waals surface area contributed by atoms with Gasteiger partial charge in [0.25, 0.3) is 11.8 Å². The quantitative estimate of drug-likeness (QED) is 0.343. The highest BCUT2D eigenvalue weighted by Crippen LogP contribution is 2.48. The molecule has 2 N–H and O–H groups in total. The maximum absolute atomic E-state index is 14.4. The number of amides is 2. The van der Waals surface area contributed by atoms with Gasteiger partial charge in [-0.05, 0) is 79.7 Å². The number of benzene rings is 2. The molecule has 2 aliphatic rings. The molecule has 1 heterocycles. The average molecular weight is 566 g/mol. The number of aliphatic carboxylic acids is 1. The molecule has 3 atom stereocenters. The lowest BCUT2D eigenvalue weighted by molar-refractivity contribution is -0.137. The zero-order valence-electron chi connectivity index (χ0n) is 23.8. The third-order valence-electron chi connectivity index (χ3n) is 7.95. The van der Waals surface area contributed by atoms with E-state index in [1.165, 1.54) is 0 Å². The first-order valence-corrected chi connectivity index (χ1v) is 14.7. The topological polar surface area (TPSA) is 99.1 Å². The molecule has 1 aliphatic carbocycles. The van der Waals surface area contributed by atoms with Crippen LogP contribution in [0.1, 0.15) is 93.7 Å². The number of nitrogens with zero attached hydrogens (tertiary/aromatic N) is 2. The maximum atomic E-state index is 14.4. The molecule has 2 aromatic rings. The third-order valence-corrected chi connectivity index (χ3v) is 8.19. The van der Waals surface area contributed by atoms with Gasteiger partial charge in [0.05, 0.1) is 12.5 Å². The van der Waals surface area contributed by atoms with E-state index in [4.69, 9.17) is 21.7 Å². The SMILES string of the molecule is CC(C)CCC(c1ccc(C(=O)NCCC(=O)O)cc1)N1C(=O)C(c2cccc(Cl)c2)=NC12CC(C)CC(C)C2. The summed E-state index contributed by atoms with van der Waals surface area (Å²) < 4.78 is 0. The molecule has 0 aromatic heterocycles. The van der Waals surface area contributed by atoms with Crippen LogP contribution in [0, 0.1) is 17.8 Å². The first-order valence-electron chi connectivity index (χ1n) is 14.3. The molecule has 214 valence electrons. The van der Waals surface area contributed by atoms with Crippen LogP contribution in [0.3, 0.4) is 0 Å². The van der Waals surface area contributed by atoms with E-state index in [0.29, 0.717) is 34.1 Å². The van der Waals surface area contributed by atoms with Gasteiger partial charge >= 0.3 is 5.97 Å². The van der Waals surface area contributed by atoms with Crippen LogP contribution in [0.5, 0.6) is 0 Å². The minimum atomic E-state index is -0.960. The summed E-state index contributed by atoms with van der Waals surface area (Å²) in [6, 6.07) is 14.5. The second-order valence-corrected chi connectivity index (χ2v) is 12.4. The summed E-state index contributed by atoms with van der Waals surface area (Å²) >= 11 is 6.32. The zero-order valence-corrected chi connectivity index (χ0v) is 24.6. The summed E-state index contributed by atoms with van der Waals surface area (Å²) in [4.78, 5) is 45.0. The second-order valence-electron chi connectivity index (χ2n) is 12.0. The highest BCUT2D eigenvalue weighted by molar-refractivity contribution is 6.47. The second kappa shape index (κ2) is 12.5. The van der Waals surface area contributed by atoms with Gasteiger partial charge in [-0.25, -0.2) is 0 Å². The Morgan fingerprint density at radius 1 is 1.10 bits per heavy atom. The van der Waals surface area contributed by atoms with Gasteiger partial charge in [0.2, 0.25) is 0 Å². The standard InChI is InChI=1S/C32H40ClN3O4/c1-20(2)8-13-27(23-9-11-24(12-10-23)30(39)34-15-14-28(37)38)36-31(40)29(25-6-5-7-26(33)17-25)35-32(36)18-21(3)16-22(4)19-32/h5-7,9-12,17,20-22,27H,8,13-16,18-19H2,1-4H3,(H,34,39)(H,37,38). The fraction of sp³-hybridized carbons (Fsp3) is 0.500. The largest absolute Gasteiger partial charge is 0.481 e. The lowest BCUT2D eigenvalue weighted by Crippen LogP contribution is -2.52. The summed E-state index contributed by atoms with van der Waals surface area (Å²) in [7, 11) is 0. The molecule has 8 heteroatoms. The number of carbonyl (C=O) groups is 3. The van der Waals surface area contributed by atoms with Crippen molar-refractivity contribution in [3.8, 4) is 0 Å². The van der Waals surface area contributed by atoms with Gasteiger partial charge in [-0.1, -0.05) is 63.6 Å². The Bertz CT molecular complexity index is 1260. The number of nitrogens with one attached hydrogen (secondary N) is 1. The van der Waals surface area contributed by atoms with Crippen molar-refractivity contribution in [1.29, 1.82) is 0 Å². The molecule has 4 rings (SSSR count). The van der Waals surface area contributed by atoms with E-state index in [2.05, 4.69) is 33.0 Å². The van der Waals surface area contributed by atoms with Crippen molar-refractivity contribution in [3.05, 3.63) is 70.2 Å². The van der Waals surface area contributed by atoms with Gasteiger partial charge in [-0.15, -0.1) is 0 Å². The number of halogens is 1. The van der Waals surface area contributed by atoms with Crippen LogP contribution in [-0.4, -0.2) is 45.7 Å². The molecule has 7 nitrogen and oxygen atoms in total. The lowest BCUT2D eigenvalue weighted by atomic mass is 9.75. The van der Waals surface area contributed by atoms with Crippen molar-refractivity contribution in [1.82, 2.24) is 10.2 Å². The number of carbonyl (C=O) groups excluding carboxylic acids is 2. The lowest BCUT2D eigenvalue weighted by Gasteiger charge is -2.47. The number of hydrogen-bond donors (Lipinski definition) is 2. The van der Waals surface area contributed by atoms with Crippen LogP contribution in [0.15, 0.2) is 53.5 Å². The minimum Gasteiger partial charge on any atom is -0.481 e. The Labute approximate surface area is 242 Å². The molecule has 3 unspecified atom stereocenters. The summed E-state index contributed by atoms with van der Waals surface area (Å²) in [5.41, 5.74) is 1.98. The average Bonchev–Trinajstić information content (AvgIpc) is 3.14. The zero-order chi connectivity index (χ0) is 29.0. The fourth-order valence-electron chi connectivity index (χ4n) is 6.39. The minimum absolute atomic E-state index is 0.0672. The van der Waals surface area contributed by atoms with Crippen molar-refractivity contribution < 1.29 is 19.5 Å². The highest BCUT2D eigenvalue weighted by atomic mass is 35.5. The normalized spacial score (nSPS) is 23.4. The Hall–Kier alpha value is -3.19. The Morgan fingerprint density at radius 3 is 2.38 bits per heavy atom. The molecule has 1 aliphatic heterocycles. The Morgan fingerprint density at radius 2 is 1.77 bits per heavy atom. The van der Waals surface area contributed by atoms with E-state index in [9.17, 15) is 14.4 Å². The molecule has 0 bridgehead atoms. The van der Waals surface area contributed by atoms with Gasteiger partial charge in [-0.3, -0.25) is 19.4 Å². The summed E-state index contributed by atoms with van der Waals surface area (Å²) in [5.74, 6) is -0.0608. The molecule has 40 heavy (non-hydrogen) atoms. The fourth-order valence-corrected chi connectivity index (χ4v) is 6.58. The van der Waals surface area contributed by atoms with E-state index in [0.717, 1.165) is 43.2 Å². The molecule has 0 saturated heterocycles. The highest BCUT2D eigenvalue weighted by Gasteiger charge is 2.53. The number of hydrogen-bond acceptors (Lipinski definition) is 4. The maximum Gasteiger partial charge on any atom is 0.305 e. The summed E-state index contributed by atoms with van der Waals surface area (Å²) in [6.07, 6.45) is 4.28. The molecular weight excluding hydrogens is 526 g/mol. The number of carboxylic acid groups (broad SMARTS) is 1. The van der Waals surface area contributed by atoms with Gasteiger partial charge in [-0.2, -0.15) is 0 Å². The molecule has 1 saturated carbocycles. The van der Waals surface area contributed by atoms with Crippen LogP contribution in [0.2, 0.25) is 5.02 Å². The molecule has 1 fully saturated rings. The van der Waals surface area contributed by atoms with Crippen LogP contribution >= 0.6 is 11.6 Å². The molecule has 2 aromatic carbocycles. The van der Waals surface area contributed by atoms with E-state index >= 15 is 0 Å². The van der Waals surface area contributed by atoms with E-state index < -0.39 is 11.6 Å². The van der Waals surface area contributed by atoms with Gasteiger partial charge < -0.3 is 15.3 Å². The number of rotatable bonds is 10. The Kier molecular flexibility index (Phi) is 9.34. The van der Waals surface area contributed by atoms with Crippen LogP contribution in [0.4, 0.5) is 0 Å². The van der Waals surface area contributed by atoms with Crippen LogP contribution < -0.4 is 5.32 Å². The van der Waals surface area contributed by atoms with Crippen molar-refractivity contribution in [2.75, 3.05) is 6.54 Å². The number of carboxylic acids is 1. The van der Waals surface area contributed by atoms with Crippen LogP contribution in [0.25, 0.3) is 0 Å². The number of aliphatic imine (C=N–C) groups is 1. The predicted molar refractivity (Wildman–Crippen MR) is 158 cm³/mol. The molecular formula is C32H40ClN3O4. The van der Waals surface area contributed by atoms with Crippen LogP contribution in [-0.2, 0) is 9.59 Å². The van der Waals surface area contributed by atoms with Crippen molar-refractivity contribution in [2.24, 2.45) is 22.7 Å². The van der Waals surface area contributed by atoms with E-state index in [-0.39, 0.29) is 30.8 Å². The molecule has 2 amide bonds. The smallest absolute Gasteiger partial charge is 0.305 e. The predicted octanol–water partition coefficient (Wildman–Crippen LogP) is 6.51. The first-order chi connectivity index (χ1) is 19.0. The van der Waals surface area contributed by atoms with Crippen molar-refractivity contribution in [3.63, 3.8) is 0 Å². The van der Waals surface area contributed by atoms with Crippen molar-refractivity contribution >= 4 is 35.1 Å². The third kappa shape index (κ3) is 6.74. The van der Waals surface area contributed by atoms with Gasteiger partial charge in [0.1, 0.15) is 11.4 Å². The van der Waals surface area contributed by atoms with Crippen molar-refractivity contribution in [2.45, 2.75) is 77.9 Å². The molecule has 0 radical (unpaired) electrons. The summed E-state index contributed by atoms with van der Waals surface area (Å²) in [6.45, 7) is 8.92. The molecule has 1 spiro atoms.